The Kier molecular flexibility index (Phi) is 3.09. The Morgan fingerprint density at radius 3 is 2.65 bits per heavy atom. The maximum Gasteiger partial charge on any atom is 0.345 e. The first-order valence-corrected chi connectivity index (χ1v) is 5.08. The minimum Gasteiger partial charge on any atom is -0.465 e. The highest BCUT2D eigenvalue weighted by molar-refractivity contribution is 5.93. The molecule has 0 saturated carbocycles. The molecule has 1 heterocycles. The minimum absolute atomic E-state index is 0.292. The van der Waals surface area contributed by atoms with E-state index in [4.69, 9.17) is 4.74 Å². The molecule has 0 aliphatic rings. The van der Waals surface area contributed by atoms with Crippen LogP contribution >= 0.6 is 0 Å². The molecule has 0 unspecified atom stereocenters. The van der Waals surface area contributed by atoms with Crippen molar-refractivity contribution in [2.24, 2.45) is 0 Å². The zero-order valence-electron chi connectivity index (χ0n) is 9.56. The van der Waals surface area contributed by atoms with E-state index in [1.807, 2.05) is 18.2 Å². The van der Waals surface area contributed by atoms with Crippen LogP contribution in [-0.4, -0.2) is 23.3 Å². The van der Waals surface area contributed by atoms with Crippen LogP contribution in [-0.2, 0) is 4.74 Å². The SMILES string of the molecule is COC(=O)c1c(C)n[nH]c1Oc1ccccc1. The third-order valence-corrected chi connectivity index (χ3v) is 2.27. The van der Waals surface area contributed by atoms with Gasteiger partial charge in [0.25, 0.3) is 0 Å². The van der Waals surface area contributed by atoms with Crippen LogP contribution in [0, 0.1) is 6.92 Å². The maximum absolute atomic E-state index is 11.5. The van der Waals surface area contributed by atoms with Crippen molar-refractivity contribution in [3.8, 4) is 11.6 Å². The van der Waals surface area contributed by atoms with E-state index in [0.717, 1.165) is 0 Å². The Labute approximate surface area is 98.4 Å². The summed E-state index contributed by atoms with van der Waals surface area (Å²) in [7, 11) is 1.32. The lowest BCUT2D eigenvalue weighted by molar-refractivity contribution is 0.0597. The first-order chi connectivity index (χ1) is 8.22. The van der Waals surface area contributed by atoms with Crippen LogP contribution in [0.3, 0.4) is 0 Å². The molecule has 1 aromatic heterocycles. The van der Waals surface area contributed by atoms with Crippen molar-refractivity contribution in [3.63, 3.8) is 0 Å². The van der Waals surface area contributed by atoms with Gasteiger partial charge in [-0.25, -0.2) is 9.89 Å². The van der Waals surface area contributed by atoms with Crippen LogP contribution in [0.1, 0.15) is 16.1 Å². The molecular formula is C12H12N2O3. The monoisotopic (exact) mass is 232 g/mol. The zero-order chi connectivity index (χ0) is 12.3. The molecule has 0 aliphatic carbocycles. The number of aryl methyl sites for hydroxylation is 1. The predicted molar refractivity (Wildman–Crippen MR) is 61.2 cm³/mol. The van der Waals surface area contributed by atoms with E-state index in [1.165, 1.54) is 7.11 Å². The van der Waals surface area contributed by atoms with Crippen molar-refractivity contribution in [2.75, 3.05) is 7.11 Å². The molecule has 5 nitrogen and oxygen atoms in total. The molecule has 5 heteroatoms. The van der Waals surface area contributed by atoms with Crippen molar-refractivity contribution in [1.29, 1.82) is 0 Å². The molecule has 17 heavy (non-hydrogen) atoms. The van der Waals surface area contributed by atoms with Crippen LogP contribution in [0.5, 0.6) is 11.6 Å². The number of methoxy groups -OCH3 is 1. The average molecular weight is 232 g/mol. The molecule has 0 aliphatic heterocycles. The second-order valence-electron chi connectivity index (χ2n) is 3.42. The topological polar surface area (TPSA) is 64.2 Å². The molecule has 0 bridgehead atoms. The van der Waals surface area contributed by atoms with Gasteiger partial charge >= 0.3 is 5.97 Å². The van der Waals surface area contributed by atoms with Crippen LogP contribution in [0.25, 0.3) is 0 Å². The van der Waals surface area contributed by atoms with E-state index in [2.05, 4.69) is 14.9 Å². The number of benzene rings is 1. The minimum atomic E-state index is -0.470. The number of H-pyrrole nitrogens is 1. The highest BCUT2D eigenvalue weighted by atomic mass is 16.5. The van der Waals surface area contributed by atoms with E-state index < -0.39 is 5.97 Å². The molecule has 1 N–H and O–H groups in total. The molecule has 2 rings (SSSR count). The number of hydrogen-bond donors (Lipinski definition) is 1. The van der Waals surface area contributed by atoms with Gasteiger partial charge in [-0.1, -0.05) is 18.2 Å². The summed E-state index contributed by atoms with van der Waals surface area (Å²) in [6.07, 6.45) is 0. The van der Waals surface area contributed by atoms with Crippen molar-refractivity contribution in [2.45, 2.75) is 6.92 Å². The lowest BCUT2D eigenvalue weighted by atomic mass is 10.2. The summed E-state index contributed by atoms with van der Waals surface area (Å²) in [6.45, 7) is 1.71. The highest BCUT2D eigenvalue weighted by Gasteiger charge is 2.20. The highest BCUT2D eigenvalue weighted by Crippen LogP contribution is 2.25. The predicted octanol–water partition coefficient (Wildman–Crippen LogP) is 2.30. The van der Waals surface area contributed by atoms with Gasteiger partial charge in [-0.2, -0.15) is 5.10 Å². The normalized spacial score (nSPS) is 10.0. The quantitative estimate of drug-likeness (QED) is 0.824. The summed E-state index contributed by atoms with van der Waals surface area (Å²) in [4.78, 5) is 11.5. The molecule has 1 aromatic carbocycles. The summed E-state index contributed by atoms with van der Waals surface area (Å²) in [6, 6.07) is 9.15. The number of rotatable bonds is 3. The van der Waals surface area contributed by atoms with Crippen molar-refractivity contribution >= 4 is 5.97 Å². The van der Waals surface area contributed by atoms with Gasteiger partial charge in [-0.05, 0) is 19.1 Å². The van der Waals surface area contributed by atoms with Crippen molar-refractivity contribution in [1.82, 2.24) is 10.2 Å². The Morgan fingerprint density at radius 1 is 1.29 bits per heavy atom. The van der Waals surface area contributed by atoms with Gasteiger partial charge in [-0.3, -0.25) is 0 Å². The van der Waals surface area contributed by atoms with E-state index >= 15 is 0 Å². The molecular weight excluding hydrogens is 220 g/mol. The van der Waals surface area contributed by atoms with Crippen LogP contribution in [0.15, 0.2) is 30.3 Å². The van der Waals surface area contributed by atoms with Gasteiger partial charge < -0.3 is 9.47 Å². The van der Waals surface area contributed by atoms with Crippen molar-refractivity contribution in [3.05, 3.63) is 41.6 Å². The average Bonchev–Trinajstić information content (AvgIpc) is 2.71. The Hall–Kier alpha value is -2.30. The Bertz CT molecular complexity index is 520. The number of aromatic nitrogens is 2. The van der Waals surface area contributed by atoms with E-state index in [0.29, 0.717) is 22.9 Å². The Morgan fingerprint density at radius 2 is 2.00 bits per heavy atom. The second kappa shape index (κ2) is 4.69. The third kappa shape index (κ3) is 2.28. The van der Waals surface area contributed by atoms with Gasteiger partial charge in [0.05, 0.1) is 12.8 Å². The summed E-state index contributed by atoms with van der Waals surface area (Å²) in [5, 5.41) is 6.60. The number of ether oxygens (including phenoxy) is 2. The fourth-order valence-electron chi connectivity index (χ4n) is 1.43. The largest absolute Gasteiger partial charge is 0.465 e. The molecule has 0 fully saturated rings. The number of esters is 1. The van der Waals surface area contributed by atoms with Crippen molar-refractivity contribution < 1.29 is 14.3 Å². The van der Waals surface area contributed by atoms with Crippen LogP contribution in [0.4, 0.5) is 0 Å². The number of carbonyl (C=O) groups is 1. The molecule has 2 aromatic rings. The summed E-state index contributed by atoms with van der Waals surface area (Å²) in [5.74, 6) is 0.448. The molecule has 0 saturated heterocycles. The summed E-state index contributed by atoms with van der Waals surface area (Å²) < 4.78 is 10.2. The lowest BCUT2D eigenvalue weighted by Crippen LogP contribution is -2.03. The van der Waals surface area contributed by atoms with Gasteiger partial charge in [0, 0.05) is 0 Å². The fraction of sp³-hybridized carbons (Fsp3) is 0.167. The molecule has 0 spiro atoms. The first-order valence-electron chi connectivity index (χ1n) is 5.08. The first kappa shape index (κ1) is 11.2. The van der Waals surface area contributed by atoms with E-state index in [-0.39, 0.29) is 0 Å². The number of para-hydroxylation sites is 1. The molecule has 0 radical (unpaired) electrons. The standard InChI is InChI=1S/C12H12N2O3/c1-8-10(12(15)16-2)11(14-13-8)17-9-6-4-3-5-7-9/h3-7H,1-2H3,(H,13,14). The smallest absolute Gasteiger partial charge is 0.345 e. The zero-order valence-corrected chi connectivity index (χ0v) is 9.56. The maximum atomic E-state index is 11.5. The van der Waals surface area contributed by atoms with Gasteiger partial charge in [0.2, 0.25) is 5.88 Å². The number of carbonyl (C=O) groups excluding carboxylic acids is 1. The van der Waals surface area contributed by atoms with Crippen LogP contribution in [0.2, 0.25) is 0 Å². The number of nitrogens with one attached hydrogen (secondary N) is 1. The lowest BCUT2D eigenvalue weighted by Gasteiger charge is -2.04. The Balaban J connectivity index is 2.31. The molecule has 0 atom stereocenters. The molecule has 0 amide bonds. The third-order valence-electron chi connectivity index (χ3n) is 2.27. The number of aromatic amines is 1. The van der Waals surface area contributed by atoms with Crippen LogP contribution < -0.4 is 4.74 Å². The fourth-order valence-corrected chi connectivity index (χ4v) is 1.43. The van der Waals surface area contributed by atoms with Gasteiger partial charge in [0.15, 0.2) is 0 Å². The van der Waals surface area contributed by atoms with Gasteiger partial charge in [0.1, 0.15) is 11.3 Å². The van der Waals surface area contributed by atoms with E-state index in [1.54, 1.807) is 19.1 Å². The number of hydrogen-bond acceptors (Lipinski definition) is 4. The van der Waals surface area contributed by atoms with E-state index in [9.17, 15) is 4.79 Å². The molecule has 88 valence electrons. The van der Waals surface area contributed by atoms with Gasteiger partial charge in [-0.15, -0.1) is 0 Å². The second-order valence-corrected chi connectivity index (χ2v) is 3.42. The number of nitrogens with zero attached hydrogens (tertiary/aromatic N) is 1. The summed E-state index contributed by atoms with van der Waals surface area (Å²) in [5.41, 5.74) is 0.860. The summed E-state index contributed by atoms with van der Waals surface area (Å²) >= 11 is 0.